The first kappa shape index (κ1) is 57.1. The Morgan fingerprint density at radius 2 is 0.750 bits per heavy atom. The fraction of sp³-hybridized carbons (Fsp3) is 0.709. The van der Waals surface area contributed by atoms with Gasteiger partial charge < -0.3 is 14.2 Å². The van der Waals surface area contributed by atoms with E-state index < -0.39 is 6.10 Å². The van der Waals surface area contributed by atoms with Gasteiger partial charge in [0, 0.05) is 19.4 Å². The molecule has 0 heterocycles. The maximum Gasteiger partial charge on any atom is 0.306 e. The van der Waals surface area contributed by atoms with E-state index in [1.165, 1.54) is 103 Å². The van der Waals surface area contributed by atoms with Crippen LogP contribution in [0, 0.1) is 0 Å². The van der Waals surface area contributed by atoms with Crippen LogP contribution < -0.4 is 0 Å². The first-order valence-electron chi connectivity index (χ1n) is 25.1. The third-order valence-electron chi connectivity index (χ3n) is 10.4. The Kier molecular flexibility index (Phi) is 48.0. The van der Waals surface area contributed by atoms with E-state index >= 15 is 0 Å². The molecule has 0 aromatic rings. The standard InChI is InChI=1S/C55H94O5/c1-4-7-10-13-16-19-21-23-25-27-28-29-30-32-34-37-39-42-45-48-54(56)59-52-53(60-55(57)49-46-43-40-36-18-15-12-9-6-3)51-58-50-47-44-41-38-35-33-31-26-24-22-20-17-14-11-8-5-2/h7,10,16-17,19-20,23-26,28-29,32,34,53H,4-6,8-9,11-15,18,21-22,27,30-31,33,35-52H2,1-3H3/b10-7-,19-16-,20-17-,25-23-,26-24-,29-28-,34-32-. The van der Waals surface area contributed by atoms with Crippen LogP contribution in [0.3, 0.4) is 0 Å². The molecule has 0 aromatic heterocycles. The predicted molar refractivity (Wildman–Crippen MR) is 260 cm³/mol. The molecule has 0 aliphatic carbocycles. The van der Waals surface area contributed by atoms with Gasteiger partial charge in [0.05, 0.1) is 6.61 Å². The third-order valence-corrected chi connectivity index (χ3v) is 10.4. The summed E-state index contributed by atoms with van der Waals surface area (Å²) < 4.78 is 17.3. The van der Waals surface area contributed by atoms with Crippen LogP contribution in [0.1, 0.15) is 226 Å². The first-order chi connectivity index (χ1) is 29.6. The fourth-order valence-electron chi connectivity index (χ4n) is 6.68. The molecule has 0 bridgehead atoms. The van der Waals surface area contributed by atoms with Crippen molar-refractivity contribution in [3.63, 3.8) is 0 Å². The van der Waals surface area contributed by atoms with Crippen LogP contribution in [0.2, 0.25) is 0 Å². The topological polar surface area (TPSA) is 61.8 Å². The summed E-state index contributed by atoms with van der Waals surface area (Å²) in [6, 6.07) is 0. The molecule has 0 aliphatic heterocycles. The van der Waals surface area contributed by atoms with E-state index in [1.807, 2.05) is 0 Å². The van der Waals surface area contributed by atoms with E-state index in [-0.39, 0.29) is 25.2 Å². The Morgan fingerprint density at radius 3 is 1.25 bits per heavy atom. The molecule has 0 spiro atoms. The zero-order valence-electron chi connectivity index (χ0n) is 39.5. The molecule has 1 atom stereocenters. The predicted octanol–water partition coefficient (Wildman–Crippen LogP) is 16.9. The average molecular weight is 835 g/mol. The van der Waals surface area contributed by atoms with E-state index in [0.717, 1.165) is 89.9 Å². The van der Waals surface area contributed by atoms with Crippen LogP contribution in [0.5, 0.6) is 0 Å². The van der Waals surface area contributed by atoms with Crippen LogP contribution in [0.25, 0.3) is 0 Å². The molecule has 0 radical (unpaired) electrons. The summed E-state index contributed by atoms with van der Waals surface area (Å²) in [5.74, 6) is -0.443. The number of hydrogen-bond acceptors (Lipinski definition) is 5. The second-order valence-electron chi connectivity index (χ2n) is 16.3. The highest BCUT2D eigenvalue weighted by atomic mass is 16.6. The minimum atomic E-state index is -0.556. The zero-order chi connectivity index (χ0) is 43.5. The largest absolute Gasteiger partial charge is 0.462 e. The van der Waals surface area contributed by atoms with Crippen LogP contribution in [0.15, 0.2) is 85.1 Å². The molecule has 0 fully saturated rings. The number of hydrogen-bond donors (Lipinski definition) is 0. The fourth-order valence-corrected chi connectivity index (χ4v) is 6.68. The van der Waals surface area contributed by atoms with Crippen molar-refractivity contribution in [3.8, 4) is 0 Å². The van der Waals surface area contributed by atoms with Gasteiger partial charge >= 0.3 is 11.9 Å². The van der Waals surface area contributed by atoms with Gasteiger partial charge in [-0.25, -0.2) is 0 Å². The minimum absolute atomic E-state index is 0.0616. The summed E-state index contributed by atoms with van der Waals surface area (Å²) in [6.07, 6.45) is 65.9. The quantitative estimate of drug-likeness (QED) is 0.0347. The molecule has 0 N–H and O–H groups in total. The first-order valence-corrected chi connectivity index (χ1v) is 25.1. The van der Waals surface area contributed by atoms with Gasteiger partial charge in [-0.05, 0) is 96.3 Å². The molecular weight excluding hydrogens is 741 g/mol. The molecular formula is C55H94O5. The molecule has 0 saturated carbocycles. The lowest BCUT2D eigenvalue weighted by molar-refractivity contribution is -0.163. The van der Waals surface area contributed by atoms with Crippen LogP contribution in [0.4, 0.5) is 0 Å². The van der Waals surface area contributed by atoms with Crippen molar-refractivity contribution in [2.24, 2.45) is 0 Å². The summed E-state index contributed by atoms with van der Waals surface area (Å²) in [5, 5.41) is 0. The van der Waals surface area contributed by atoms with E-state index in [1.54, 1.807) is 0 Å². The summed E-state index contributed by atoms with van der Waals surface area (Å²) in [7, 11) is 0. The van der Waals surface area contributed by atoms with Crippen molar-refractivity contribution in [2.45, 2.75) is 232 Å². The van der Waals surface area contributed by atoms with Gasteiger partial charge in [0.15, 0.2) is 6.10 Å². The van der Waals surface area contributed by atoms with Gasteiger partial charge in [-0.2, -0.15) is 0 Å². The number of rotatable bonds is 45. The van der Waals surface area contributed by atoms with Crippen LogP contribution in [-0.2, 0) is 23.8 Å². The SMILES string of the molecule is CC/C=C\C/C=C\C/C=C\C/C=C\C/C=C\CCCCCC(=O)OCC(COCCCCCCCC/C=C\C/C=C\CCCCC)OC(=O)CCCCCCCCCCC. The third kappa shape index (κ3) is 47.8. The number of ether oxygens (including phenoxy) is 3. The van der Waals surface area contributed by atoms with E-state index in [9.17, 15) is 9.59 Å². The van der Waals surface area contributed by atoms with Gasteiger partial charge in [-0.1, -0.05) is 202 Å². The number of carbonyl (C=O) groups is 2. The highest BCUT2D eigenvalue weighted by Gasteiger charge is 2.17. The summed E-state index contributed by atoms with van der Waals surface area (Å²) in [6.45, 7) is 7.62. The molecule has 60 heavy (non-hydrogen) atoms. The van der Waals surface area contributed by atoms with Gasteiger partial charge in [0.2, 0.25) is 0 Å². The Morgan fingerprint density at radius 1 is 0.383 bits per heavy atom. The zero-order valence-corrected chi connectivity index (χ0v) is 39.5. The summed E-state index contributed by atoms with van der Waals surface area (Å²) in [4.78, 5) is 25.3. The van der Waals surface area contributed by atoms with Crippen molar-refractivity contribution in [2.75, 3.05) is 19.8 Å². The second kappa shape index (κ2) is 50.4. The number of carbonyl (C=O) groups excluding carboxylic acids is 2. The van der Waals surface area contributed by atoms with Gasteiger partial charge in [0.25, 0.3) is 0 Å². The average Bonchev–Trinajstić information content (AvgIpc) is 3.25. The van der Waals surface area contributed by atoms with E-state index in [0.29, 0.717) is 19.4 Å². The maximum atomic E-state index is 12.7. The Hall–Kier alpha value is -2.92. The Bertz CT molecular complexity index is 1130. The summed E-state index contributed by atoms with van der Waals surface area (Å²) >= 11 is 0. The minimum Gasteiger partial charge on any atom is -0.462 e. The molecule has 5 heteroatoms. The maximum absolute atomic E-state index is 12.7. The molecule has 0 amide bonds. The lowest BCUT2D eigenvalue weighted by Crippen LogP contribution is -2.30. The molecule has 5 nitrogen and oxygen atoms in total. The van der Waals surface area contributed by atoms with Crippen molar-refractivity contribution >= 4 is 11.9 Å². The number of esters is 2. The lowest BCUT2D eigenvalue weighted by atomic mass is 10.1. The molecule has 1 unspecified atom stereocenters. The van der Waals surface area contributed by atoms with Gasteiger partial charge in [0.1, 0.15) is 6.61 Å². The van der Waals surface area contributed by atoms with Crippen molar-refractivity contribution in [1.82, 2.24) is 0 Å². The smallest absolute Gasteiger partial charge is 0.306 e. The van der Waals surface area contributed by atoms with Gasteiger partial charge in [-0.15, -0.1) is 0 Å². The molecule has 0 rings (SSSR count). The second-order valence-corrected chi connectivity index (χ2v) is 16.3. The Balaban J connectivity index is 4.28. The number of allylic oxidation sites excluding steroid dienone is 14. The van der Waals surface area contributed by atoms with Crippen molar-refractivity contribution in [1.29, 1.82) is 0 Å². The van der Waals surface area contributed by atoms with Crippen molar-refractivity contribution in [3.05, 3.63) is 85.1 Å². The highest BCUT2D eigenvalue weighted by molar-refractivity contribution is 5.70. The van der Waals surface area contributed by atoms with Crippen molar-refractivity contribution < 1.29 is 23.8 Å². The van der Waals surface area contributed by atoms with Crippen LogP contribution >= 0.6 is 0 Å². The van der Waals surface area contributed by atoms with E-state index in [4.69, 9.17) is 14.2 Å². The Labute approximate surface area is 371 Å². The highest BCUT2D eigenvalue weighted by Crippen LogP contribution is 2.13. The molecule has 344 valence electrons. The normalized spacial score (nSPS) is 12.9. The lowest BCUT2D eigenvalue weighted by Gasteiger charge is -2.18. The van der Waals surface area contributed by atoms with Crippen LogP contribution in [-0.4, -0.2) is 37.9 Å². The molecule has 0 aliphatic rings. The summed E-state index contributed by atoms with van der Waals surface area (Å²) in [5.41, 5.74) is 0. The monoisotopic (exact) mass is 835 g/mol. The number of unbranched alkanes of at least 4 members (excludes halogenated alkanes) is 20. The molecule has 0 aromatic carbocycles. The van der Waals surface area contributed by atoms with Gasteiger partial charge in [-0.3, -0.25) is 9.59 Å². The van der Waals surface area contributed by atoms with E-state index in [2.05, 4.69) is 106 Å². The molecule has 0 saturated heterocycles.